The molecule has 0 fully saturated rings. The fourth-order valence-corrected chi connectivity index (χ4v) is 1.31. The van der Waals surface area contributed by atoms with Crippen molar-refractivity contribution in [1.82, 2.24) is 9.88 Å². The minimum absolute atomic E-state index is 0.0736. The van der Waals surface area contributed by atoms with Crippen LogP contribution in [0.4, 0.5) is 0 Å². The maximum absolute atomic E-state index is 11.4. The van der Waals surface area contributed by atoms with Gasteiger partial charge >= 0.3 is 0 Å². The lowest BCUT2D eigenvalue weighted by Crippen LogP contribution is -2.31. The molecule has 1 atom stereocenters. The Kier molecular flexibility index (Phi) is 3.89. The Morgan fingerprint density at radius 1 is 1.71 bits per heavy atom. The van der Waals surface area contributed by atoms with E-state index in [1.807, 2.05) is 12.1 Å². The average molecular weight is 213 g/mol. The molecule has 76 valence electrons. The first-order valence-corrected chi connectivity index (χ1v) is 4.83. The first-order chi connectivity index (χ1) is 6.61. The average Bonchev–Trinajstić information content (AvgIpc) is 2.18. The molecule has 0 aromatic carbocycles. The van der Waals surface area contributed by atoms with E-state index in [0.717, 1.165) is 5.56 Å². The molecule has 0 N–H and O–H groups in total. The largest absolute Gasteiger partial charge is 0.340 e. The van der Waals surface area contributed by atoms with Crippen molar-refractivity contribution < 1.29 is 4.79 Å². The summed E-state index contributed by atoms with van der Waals surface area (Å²) < 4.78 is 0. The minimum Gasteiger partial charge on any atom is -0.340 e. The molecule has 1 rings (SSSR count). The molecule has 14 heavy (non-hydrogen) atoms. The van der Waals surface area contributed by atoms with Crippen molar-refractivity contribution in [3.63, 3.8) is 0 Å². The van der Waals surface area contributed by atoms with E-state index in [4.69, 9.17) is 11.6 Å². The third-order valence-electron chi connectivity index (χ3n) is 1.86. The van der Waals surface area contributed by atoms with E-state index in [2.05, 4.69) is 4.98 Å². The Morgan fingerprint density at radius 2 is 2.43 bits per heavy atom. The molecule has 1 aromatic rings. The molecule has 0 saturated carbocycles. The molecule has 1 aromatic heterocycles. The number of amides is 1. The van der Waals surface area contributed by atoms with Crippen LogP contribution in [-0.4, -0.2) is 28.2 Å². The molecule has 0 bridgehead atoms. The second-order valence-corrected chi connectivity index (χ2v) is 3.83. The van der Waals surface area contributed by atoms with Gasteiger partial charge in [0, 0.05) is 26.0 Å². The molecule has 1 heterocycles. The van der Waals surface area contributed by atoms with Crippen LogP contribution in [-0.2, 0) is 11.3 Å². The number of nitrogens with zero attached hydrogens (tertiary/aromatic N) is 2. The number of carbonyl (C=O) groups excluding carboxylic acids is 1. The maximum Gasteiger partial charge on any atom is 0.240 e. The number of rotatable bonds is 3. The van der Waals surface area contributed by atoms with Crippen LogP contribution in [0.1, 0.15) is 12.5 Å². The van der Waals surface area contributed by atoms with Crippen molar-refractivity contribution >= 4 is 17.5 Å². The first-order valence-electron chi connectivity index (χ1n) is 4.39. The molecule has 0 radical (unpaired) electrons. The van der Waals surface area contributed by atoms with Crippen LogP contribution in [0.15, 0.2) is 24.5 Å². The van der Waals surface area contributed by atoms with Gasteiger partial charge in [0.1, 0.15) is 5.38 Å². The normalized spacial score (nSPS) is 12.2. The van der Waals surface area contributed by atoms with Crippen LogP contribution < -0.4 is 0 Å². The summed E-state index contributed by atoms with van der Waals surface area (Å²) in [5.41, 5.74) is 1.00. The van der Waals surface area contributed by atoms with Crippen LogP contribution in [0, 0.1) is 0 Å². The van der Waals surface area contributed by atoms with Gasteiger partial charge in [-0.3, -0.25) is 9.78 Å². The fourth-order valence-electron chi connectivity index (χ4n) is 1.15. The van der Waals surface area contributed by atoms with Crippen molar-refractivity contribution in [2.24, 2.45) is 0 Å². The van der Waals surface area contributed by atoms with Crippen molar-refractivity contribution in [3.8, 4) is 0 Å². The highest BCUT2D eigenvalue weighted by Gasteiger charge is 2.14. The number of aromatic nitrogens is 1. The zero-order chi connectivity index (χ0) is 10.6. The predicted molar refractivity (Wildman–Crippen MR) is 56.0 cm³/mol. The summed E-state index contributed by atoms with van der Waals surface area (Å²) in [6.07, 6.45) is 3.44. The predicted octanol–water partition coefficient (Wildman–Crippen LogP) is 1.67. The molecule has 4 heteroatoms. The Bertz CT molecular complexity index is 300. The highest BCUT2D eigenvalue weighted by atomic mass is 35.5. The highest BCUT2D eigenvalue weighted by Crippen LogP contribution is 2.05. The monoisotopic (exact) mass is 212 g/mol. The van der Waals surface area contributed by atoms with Crippen molar-refractivity contribution in [2.75, 3.05) is 7.05 Å². The van der Waals surface area contributed by atoms with Gasteiger partial charge in [-0.15, -0.1) is 11.6 Å². The number of hydrogen-bond acceptors (Lipinski definition) is 2. The summed E-state index contributed by atoms with van der Waals surface area (Å²) >= 11 is 5.68. The van der Waals surface area contributed by atoms with Gasteiger partial charge in [-0.1, -0.05) is 6.07 Å². The van der Waals surface area contributed by atoms with Crippen molar-refractivity contribution in [1.29, 1.82) is 0 Å². The van der Waals surface area contributed by atoms with Crippen LogP contribution in [0.3, 0.4) is 0 Å². The molecular weight excluding hydrogens is 200 g/mol. The van der Waals surface area contributed by atoms with Gasteiger partial charge in [0.2, 0.25) is 5.91 Å². The lowest BCUT2D eigenvalue weighted by atomic mass is 10.2. The van der Waals surface area contributed by atoms with Crippen LogP contribution in [0.2, 0.25) is 0 Å². The zero-order valence-corrected chi connectivity index (χ0v) is 9.03. The molecular formula is C10H13ClN2O. The zero-order valence-electron chi connectivity index (χ0n) is 8.27. The lowest BCUT2D eigenvalue weighted by Gasteiger charge is -2.18. The van der Waals surface area contributed by atoms with Gasteiger partial charge in [0.05, 0.1) is 0 Å². The van der Waals surface area contributed by atoms with Gasteiger partial charge in [-0.05, 0) is 18.6 Å². The molecule has 0 aliphatic heterocycles. The summed E-state index contributed by atoms with van der Waals surface area (Å²) in [5, 5.41) is -0.475. The number of alkyl halides is 1. The Labute approximate surface area is 88.7 Å². The van der Waals surface area contributed by atoms with E-state index in [1.165, 1.54) is 0 Å². The standard InChI is InChI=1S/C10H13ClN2O/c1-8(11)10(14)13(2)7-9-4-3-5-12-6-9/h3-6,8H,7H2,1-2H3. The fraction of sp³-hybridized carbons (Fsp3) is 0.400. The summed E-state index contributed by atoms with van der Waals surface area (Å²) in [4.78, 5) is 17.0. The van der Waals surface area contributed by atoms with Gasteiger partial charge in [-0.25, -0.2) is 0 Å². The number of hydrogen-bond donors (Lipinski definition) is 0. The van der Waals surface area contributed by atoms with Gasteiger partial charge < -0.3 is 4.90 Å². The quantitative estimate of drug-likeness (QED) is 0.715. The Balaban J connectivity index is 2.57. The second-order valence-electron chi connectivity index (χ2n) is 3.17. The molecule has 0 aliphatic carbocycles. The van der Waals surface area contributed by atoms with E-state index in [1.54, 1.807) is 31.3 Å². The van der Waals surface area contributed by atoms with Gasteiger partial charge in [0.25, 0.3) is 0 Å². The van der Waals surface area contributed by atoms with E-state index < -0.39 is 5.38 Å². The van der Waals surface area contributed by atoms with E-state index in [0.29, 0.717) is 6.54 Å². The third-order valence-corrected chi connectivity index (χ3v) is 2.05. The smallest absolute Gasteiger partial charge is 0.240 e. The number of pyridine rings is 1. The molecule has 0 aliphatic rings. The first kappa shape index (κ1) is 11.0. The van der Waals surface area contributed by atoms with E-state index in [-0.39, 0.29) is 5.91 Å². The highest BCUT2D eigenvalue weighted by molar-refractivity contribution is 6.30. The second kappa shape index (κ2) is 4.96. The summed E-state index contributed by atoms with van der Waals surface area (Å²) in [6, 6.07) is 3.77. The van der Waals surface area contributed by atoms with Crippen LogP contribution in [0.25, 0.3) is 0 Å². The number of carbonyl (C=O) groups is 1. The van der Waals surface area contributed by atoms with Gasteiger partial charge in [-0.2, -0.15) is 0 Å². The topological polar surface area (TPSA) is 33.2 Å². The molecule has 1 unspecified atom stereocenters. The third kappa shape index (κ3) is 3.00. The number of halogens is 1. The molecule has 3 nitrogen and oxygen atoms in total. The van der Waals surface area contributed by atoms with E-state index >= 15 is 0 Å². The lowest BCUT2D eigenvalue weighted by molar-refractivity contribution is -0.129. The molecule has 0 saturated heterocycles. The maximum atomic E-state index is 11.4. The summed E-state index contributed by atoms with van der Waals surface area (Å²) in [7, 11) is 1.73. The van der Waals surface area contributed by atoms with Crippen LogP contribution in [0.5, 0.6) is 0 Å². The van der Waals surface area contributed by atoms with Crippen LogP contribution >= 0.6 is 11.6 Å². The molecule has 0 spiro atoms. The van der Waals surface area contributed by atoms with E-state index in [9.17, 15) is 4.79 Å². The SMILES string of the molecule is CC(Cl)C(=O)N(C)Cc1cccnc1. The summed E-state index contributed by atoms with van der Waals surface area (Å²) in [6.45, 7) is 2.22. The summed E-state index contributed by atoms with van der Waals surface area (Å²) in [5.74, 6) is -0.0736. The Morgan fingerprint density at radius 3 is 2.93 bits per heavy atom. The Hall–Kier alpha value is -1.09. The van der Waals surface area contributed by atoms with Crippen molar-refractivity contribution in [2.45, 2.75) is 18.8 Å². The van der Waals surface area contributed by atoms with Gasteiger partial charge in [0.15, 0.2) is 0 Å². The molecule has 1 amide bonds. The minimum atomic E-state index is -0.475. The van der Waals surface area contributed by atoms with Crippen molar-refractivity contribution in [3.05, 3.63) is 30.1 Å².